The first-order valence-corrected chi connectivity index (χ1v) is 8.41. The topological polar surface area (TPSA) is 58.6 Å². The molecule has 2 aromatic rings. The van der Waals surface area contributed by atoms with Crippen LogP contribution in [-0.2, 0) is 16.1 Å². The Bertz CT molecular complexity index is 781. The van der Waals surface area contributed by atoms with E-state index in [4.69, 9.17) is 16.3 Å². The number of anilines is 1. The highest BCUT2D eigenvalue weighted by atomic mass is 35.5. The zero-order valence-electron chi connectivity index (χ0n) is 14.6. The average molecular weight is 379 g/mol. The van der Waals surface area contributed by atoms with E-state index in [1.165, 1.54) is 31.1 Å². The van der Waals surface area contributed by atoms with Crippen molar-refractivity contribution in [3.8, 4) is 5.75 Å². The minimum atomic E-state index is -0.324. The van der Waals surface area contributed by atoms with E-state index >= 15 is 0 Å². The van der Waals surface area contributed by atoms with Crippen molar-refractivity contribution in [2.24, 2.45) is 0 Å². The maximum atomic E-state index is 12.9. The van der Waals surface area contributed by atoms with Crippen molar-refractivity contribution >= 4 is 29.1 Å². The summed E-state index contributed by atoms with van der Waals surface area (Å²) in [5, 5.41) is 3.13. The first-order chi connectivity index (χ1) is 12.4. The third-order valence-corrected chi connectivity index (χ3v) is 4.09. The predicted octanol–water partition coefficient (Wildman–Crippen LogP) is 3.55. The largest absolute Gasteiger partial charge is 0.495 e. The molecule has 0 aromatic heterocycles. The minimum absolute atomic E-state index is 0.129. The van der Waals surface area contributed by atoms with Crippen LogP contribution >= 0.6 is 11.6 Å². The number of benzene rings is 2. The Morgan fingerprint density at radius 3 is 2.46 bits per heavy atom. The quantitative estimate of drug-likeness (QED) is 0.801. The fraction of sp³-hybridized carbons (Fsp3) is 0.263. The molecule has 1 N–H and O–H groups in total. The van der Waals surface area contributed by atoms with E-state index in [0.717, 1.165) is 5.56 Å². The molecule has 5 nitrogen and oxygen atoms in total. The van der Waals surface area contributed by atoms with E-state index in [9.17, 15) is 14.0 Å². The summed E-state index contributed by atoms with van der Waals surface area (Å²) in [6, 6.07) is 10.9. The second-order valence-corrected chi connectivity index (χ2v) is 6.05. The number of ether oxygens (including phenoxy) is 1. The number of amides is 2. The van der Waals surface area contributed by atoms with Crippen molar-refractivity contribution in [2.75, 3.05) is 18.6 Å². The summed E-state index contributed by atoms with van der Waals surface area (Å²) < 4.78 is 18.0. The van der Waals surface area contributed by atoms with Gasteiger partial charge in [0.1, 0.15) is 11.6 Å². The van der Waals surface area contributed by atoms with E-state index in [2.05, 4.69) is 5.32 Å². The zero-order valence-corrected chi connectivity index (χ0v) is 15.3. The minimum Gasteiger partial charge on any atom is -0.495 e. The standard InChI is InChI=1S/C19H20ClFN2O3/c1-13(24)23(16-7-8-18(26-2)17(20)11-16)10-9-19(25)22-12-14-3-5-15(21)6-4-14/h3-8,11H,9-10,12H2,1-2H3,(H,22,25). The lowest BCUT2D eigenvalue weighted by molar-refractivity contribution is -0.121. The van der Waals surface area contributed by atoms with Gasteiger partial charge in [0.25, 0.3) is 0 Å². The Kier molecular flexibility index (Phi) is 6.97. The molecule has 0 saturated carbocycles. The number of carbonyl (C=O) groups is 2. The van der Waals surface area contributed by atoms with Crippen LogP contribution in [0.2, 0.25) is 5.02 Å². The SMILES string of the molecule is COc1ccc(N(CCC(=O)NCc2ccc(F)cc2)C(C)=O)cc1Cl. The number of nitrogens with one attached hydrogen (secondary N) is 1. The first kappa shape index (κ1) is 19.7. The van der Waals surface area contributed by atoms with Crippen molar-refractivity contribution in [2.45, 2.75) is 19.9 Å². The fourth-order valence-corrected chi connectivity index (χ4v) is 2.65. The summed E-state index contributed by atoms with van der Waals surface area (Å²) in [4.78, 5) is 25.4. The van der Waals surface area contributed by atoms with Crippen molar-refractivity contribution in [3.05, 3.63) is 58.9 Å². The van der Waals surface area contributed by atoms with Crippen molar-refractivity contribution in [1.82, 2.24) is 5.32 Å². The number of hydrogen-bond donors (Lipinski definition) is 1. The maximum Gasteiger partial charge on any atom is 0.223 e. The molecule has 138 valence electrons. The third-order valence-electron chi connectivity index (χ3n) is 3.79. The van der Waals surface area contributed by atoms with Crippen LogP contribution in [0.4, 0.5) is 10.1 Å². The lowest BCUT2D eigenvalue weighted by Crippen LogP contribution is -2.33. The molecule has 7 heteroatoms. The van der Waals surface area contributed by atoms with Gasteiger partial charge in [0.2, 0.25) is 11.8 Å². The summed E-state index contributed by atoms with van der Waals surface area (Å²) in [5.41, 5.74) is 1.39. The van der Waals surface area contributed by atoms with Gasteiger partial charge in [-0.3, -0.25) is 9.59 Å². The van der Waals surface area contributed by atoms with Gasteiger partial charge < -0.3 is 15.0 Å². The van der Waals surface area contributed by atoms with E-state index in [1.807, 2.05) is 0 Å². The maximum absolute atomic E-state index is 12.9. The van der Waals surface area contributed by atoms with Crippen LogP contribution in [0.1, 0.15) is 18.9 Å². The van der Waals surface area contributed by atoms with E-state index in [1.54, 1.807) is 30.3 Å². The summed E-state index contributed by atoms with van der Waals surface area (Å²) in [6.07, 6.45) is 0.129. The number of methoxy groups -OCH3 is 1. The van der Waals surface area contributed by atoms with E-state index < -0.39 is 0 Å². The number of nitrogens with zero attached hydrogens (tertiary/aromatic N) is 1. The third kappa shape index (κ3) is 5.46. The van der Waals surface area contributed by atoms with Crippen LogP contribution in [0, 0.1) is 5.82 Å². The molecule has 0 aliphatic heterocycles. The Hall–Kier alpha value is -2.60. The van der Waals surface area contributed by atoms with Crippen LogP contribution in [0.25, 0.3) is 0 Å². The normalized spacial score (nSPS) is 10.3. The zero-order chi connectivity index (χ0) is 19.1. The molecule has 0 saturated heterocycles. The molecule has 26 heavy (non-hydrogen) atoms. The Labute approximate surface area is 156 Å². The molecule has 0 atom stereocenters. The first-order valence-electron chi connectivity index (χ1n) is 8.03. The van der Waals surface area contributed by atoms with Crippen LogP contribution in [0.5, 0.6) is 5.75 Å². The molecule has 2 aromatic carbocycles. The summed E-state index contributed by atoms with van der Waals surface area (Å²) in [5.74, 6) is -0.218. The molecule has 0 heterocycles. The van der Waals surface area contributed by atoms with Gasteiger partial charge in [-0.15, -0.1) is 0 Å². The monoisotopic (exact) mass is 378 g/mol. The van der Waals surface area contributed by atoms with Crippen LogP contribution in [-0.4, -0.2) is 25.5 Å². The van der Waals surface area contributed by atoms with Crippen LogP contribution in [0.3, 0.4) is 0 Å². The van der Waals surface area contributed by atoms with Crippen LogP contribution < -0.4 is 15.0 Å². The molecule has 2 rings (SSSR count). The molecule has 0 unspecified atom stereocenters. The van der Waals surface area contributed by atoms with E-state index in [0.29, 0.717) is 23.0 Å². The Morgan fingerprint density at radius 1 is 1.19 bits per heavy atom. The summed E-state index contributed by atoms with van der Waals surface area (Å²) in [6.45, 7) is 1.94. The molecule has 0 aliphatic rings. The molecule has 0 bridgehead atoms. The highest BCUT2D eigenvalue weighted by Crippen LogP contribution is 2.29. The Balaban J connectivity index is 1.93. The van der Waals surface area contributed by atoms with Gasteiger partial charge >= 0.3 is 0 Å². The highest BCUT2D eigenvalue weighted by molar-refractivity contribution is 6.32. The predicted molar refractivity (Wildman–Crippen MR) is 98.9 cm³/mol. The highest BCUT2D eigenvalue weighted by Gasteiger charge is 2.15. The second-order valence-electron chi connectivity index (χ2n) is 5.64. The fourth-order valence-electron chi connectivity index (χ4n) is 2.40. The van der Waals surface area contributed by atoms with Crippen molar-refractivity contribution in [1.29, 1.82) is 0 Å². The van der Waals surface area contributed by atoms with Crippen molar-refractivity contribution in [3.63, 3.8) is 0 Å². The molecule has 0 radical (unpaired) electrons. The van der Waals surface area contributed by atoms with Gasteiger partial charge in [0.05, 0.1) is 12.1 Å². The molecule has 0 spiro atoms. The van der Waals surface area contributed by atoms with Crippen LogP contribution in [0.15, 0.2) is 42.5 Å². The van der Waals surface area contributed by atoms with Gasteiger partial charge in [0.15, 0.2) is 0 Å². The number of carbonyl (C=O) groups excluding carboxylic acids is 2. The summed E-state index contributed by atoms with van der Waals surface area (Å²) in [7, 11) is 1.51. The molecule has 0 fully saturated rings. The van der Waals surface area contributed by atoms with Gasteiger partial charge in [-0.1, -0.05) is 23.7 Å². The number of hydrogen-bond acceptors (Lipinski definition) is 3. The lowest BCUT2D eigenvalue weighted by Gasteiger charge is -2.21. The van der Waals surface area contributed by atoms with Gasteiger partial charge in [-0.25, -0.2) is 4.39 Å². The van der Waals surface area contributed by atoms with Gasteiger partial charge in [0, 0.05) is 32.1 Å². The molecular weight excluding hydrogens is 359 g/mol. The molecule has 0 aliphatic carbocycles. The second kappa shape index (κ2) is 9.20. The smallest absolute Gasteiger partial charge is 0.223 e. The average Bonchev–Trinajstić information content (AvgIpc) is 2.61. The number of rotatable bonds is 7. The van der Waals surface area contributed by atoms with Gasteiger partial charge in [-0.05, 0) is 35.9 Å². The van der Waals surface area contributed by atoms with Gasteiger partial charge in [-0.2, -0.15) is 0 Å². The number of halogens is 2. The molecular formula is C19H20ClFN2O3. The molecule has 2 amide bonds. The summed E-state index contributed by atoms with van der Waals surface area (Å²) >= 11 is 6.10. The van der Waals surface area contributed by atoms with E-state index in [-0.39, 0.29) is 30.6 Å². The Morgan fingerprint density at radius 2 is 1.88 bits per heavy atom. The lowest BCUT2D eigenvalue weighted by atomic mass is 10.2. The van der Waals surface area contributed by atoms with Crippen molar-refractivity contribution < 1.29 is 18.7 Å².